The quantitative estimate of drug-likeness (QED) is 0.729. The van der Waals surface area contributed by atoms with Crippen molar-refractivity contribution in [3.05, 3.63) is 18.3 Å². The van der Waals surface area contributed by atoms with Crippen molar-refractivity contribution < 1.29 is 19.0 Å². The fraction of sp³-hybridized carbons (Fsp3) is 0.500. The molecule has 1 fully saturated rings. The maximum atomic E-state index is 11.5. The lowest BCUT2D eigenvalue weighted by Crippen LogP contribution is -2.47. The van der Waals surface area contributed by atoms with Crippen LogP contribution in [0.5, 0.6) is 5.75 Å². The number of hydrogen-bond donors (Lipinski definition) is 0. The number of morpholine rings is 1. The molecule has 0 aromatic carbocycles. The summed E-state index contributed by atoms with van der Waals surface area (Å²) in [6.45, 7) is 1.54. The first-order valence-electron chi connectivity index (χ1n) is 5.69. The third-order valence-electron chi connectivity index (χ3n) is 2.80. The molecular weight excluding hydrogens is 236 g/mol. The summed E-state index contributed by atoms with van der Waals surface area (Å²) in [6.07, 6.45) is 1.12. The van der Waals surface area contributed by atoms with E-state index < -0.39 is 6.10 Å². The van der Waals surface area contributed by atoms with Crippen LogP contribution in [-0.4, -0.2) is 51.0 Å². The molecule has 1 saturated heterocycles. The van der Waals surface area contributed by atoms with Gasteiger partial charge in [0.25, 0.3) is 0 Å². The van der Waals surface area contributed by atoms with Crippen molar-refractivity contribution in [1.82, 2.24) is 4.98 Å². The van der Waals surface area contributed by atoms with Gasteiger partial charge in [0.1, 0.15) is 0 Å². The van der Waals surface area contributed by atoms with Gasteiger partial charge in [0.15, 0.2) is 17.7 Å². The molecule has 1 atom stereocenters. The second kappa shape index (κ2) is 5.68. The molecule has 2 heterocycles. The molecule has 6 heteroatoms. The highest BCUT2D eigenvalue weighted by Crippen LogP contribution is 2.26. The Bertz CT molecular complexity index is 424. The van der Waals surface area contributed by atoms with Gasteiger partial charge in [-0.1, -0.05) is 0 Å². The smallest absolute Gasteiger partial charge is 0.336 e. The molecule has 0 spiro atoms. The molecule has 1 unspecified atom stereocenters. The van der Waals surface area contributed by atoms with Gasteiger partial charge in [-0.05, 0) is 12.1 Å². The van der Waals surface area contributed by atoms with Crippen LogP contribution in [0.3, 0.4) is 0 Å². The van der Waals surface area contributed by atoms with Crippen LogP contribution in [0.25, 0.3) is 0 Å². The number of ether oxygens (including phenoxy) is 3. The Hall–Kier alpha value is -1.82. The maximum Gasteiger partial charge on any atom is 0.336 e. The number of carbonyl (C=O) groups excluding carboxylic acids is 1. The summed E-state index contributed by atoms with van der Waals surface area (Å²) in [4.78, 5) is 17.7. The fourth-order valence-corrected chi connectivity index (χ4v) is 1.89. The lowest BCUT2D eigenvalue weighted by Gasteiger charge is -2.32. The topological polar surface area (TPSA) is 60.9 Å². The Kier molecular flexibility index (Phi) is 3.99. The minimum Gasteiger partial charge on any atom is -0.493 e. The number of nitrogens with zero attached hydrogens (tertiary/aromatic N) is 2. The van der Waals surface area contributed by atoms with Crippen LogP contribution < -0.4 is 9.64 Å². The van der Waals surface area contributed by atoms with Gasteiger partial charge in [-0.25, -0.2) is 9.78 Å². The molecule has 0 amide bonds. The predicted molar refractivity (Wildman–Crippen MR) is 64.8 cm³/mol. The standard InChI is InChI=1S/C12H16N2O4/c1-16-9-4-3-5-13-11(9)14-6-7-18-10(8-14)12(15)17-2/h3-5,10H,6-8H2,1-2H3. The summed E-state index contributed by atoms with van der Waals surface area (Å²) in [7, 11) is 2.95. The minimum atomic E-state index is -0.574. The highest BCUT2D eigenvalue weighted by Gasteiger charge is 2.29. The number of esters is 1. The molecule has 1 aliphatic rings. The molecule has 2 rings (SSSR count). The SMILES string of the molecule is COC(=O)C1CN(c2ncccc2OC)CCO1. The van der Waals surface area contributed by atoms with E-state index in [0.717, 1.165) is 5.82 Å². The van der Waals surface area contributed by atoms with E-state index in [1.807, 2.05) is 11.0 Å². The Morgan fingerprint density at radius 2 is 2.39 bits per heavy atom. The van der Waals surface area contributed by atoms with Crippen molar-refractivity contribution in [2.24, 2.45) is 0 Å². The van der Waals surface area contributed by atoms with Gasteiger partial charge >= 0.3 is 5.97 Å². The summed E-state index contributed by atoms with van der Waals surface area (Å²) in [5.41, 5.74) is 0. The number of rotatable bonds is 3. The van der Waals surface area contributed by atoms with E-state index >= 15 is 0 Å². The monoisotopic (exact) mass is 252 g/mol. The van der Waals surface area contributed by atoms with E-state index in [2.05, 4.69) is 9.72 Å². The van der Waals surface area contributed by atoms with Gasteiger partial charge in [-0.15, -0.1) is 0 Å². The van der Waals surface area contributed by atoms with Gasteiger partial charge in [0, 0.05) is 12.7 Å². The van der Waals surface area contributed by atoms with Gasteiger partial charge in [-0.3, -0.25) is 0 Å². The molecular formula is C12H16N2O4. The molecule has 1 aliphatic heterocycles. The molecule has 1 aromatic rings. The Morgan fingerprint density at radius 1 is 1.56 bits per heavy atom. The number of methoxy groups -OCH3 is 2. The second-order valence-electron chi connectivity index (χ2n) is 3.86. The normalized spacial score (nSPS) is 19.4. The molecule has 0 bridgehead atoms. The number of aromatic nitrogens is 1. The second-order valence-corrected chi connectivity index (χ2v) is 3.86. The van der Waals surface area contributed by atoms with Crippen molar-refractivity contribution in [2.45, 2.75) is 6.10 Å². The van der Waals surface area contributed by atoms with Gasteiger partial charge < -0.3 is 19.1 Å². The predicted octanol–water partition coefficient (Wildman–Crippen LogP) is 0.468. The third-order valence-corrected chi connectivity index (χ3v) is 2.80. The van der Waals surface area contributed by atoms with Crippen molar-refractivity contribution in [2.75, 3.05) is 38.8 Å². The highest BCUT2D eigenvalue weighted by molar-refractivity contribution is 5.75. The summed E-state index contributed by atoms with van der Waals surface area (Å²) >= 11 is 0. The zero-order valence-electron chi connectivity index (χ0n) is 10.5. The Balaban J connectivity index is 2.15. The van der Waals surface area contributed by atoms with E-state index in [4.69, 9.17) is 9.47 Å². The first-order chi connectivity index (χ1) is 8.76. The number of pyridine rings is 1. The fourth-order valence-electron chi connectivity index (χ4n) is 1.89. The zero-order valence-corrected chi connectivity index (χ0v) is 10.5. The molecule has 6 nitrogen and oxygen atoms in total. The van der Waals surface area contributed by atoms with Gasteiger partial charge in [-0.2, -0.15) is 0 Å². The van der Waals surface area contributed by atoms with E-state index in [1.165, 1.54) is 7.11 Å². The first kappa shape index (κ1) is 12.6. The summed E-state index contributed by atoms with van der Waals surface area (Å²) in [5.74, 6) is 1.04. The first-order valence-corrected chi connectivity index (χ1v) is 5.69. The molecule has 18 heavy (non-hydrogen) atoms. The molecule has 98 valence electrons. The molecule has 1 aromatic heterocycles. The van der Waals surface area contributed by atoms with Crippen LogP contribution in [-0.2, 0) is 14.3 Å². The highest BCUT2D eigenvalue weighted by atomic mass is 16.6. The van der Waals surface area contributed by atoms with Crippen LogP contribution in [0.15, 0.2) is 18.3 Å². The molecule has 0 saturated carbocycles. The van der Waals surface area contributed by atoms with Crippen LogP contribution in [0.2, 0.25) is 0 Å². The Labute approximate surface area is 105 Å². The number of carbonyl (C=O) groups is 1. The Morgan fingerprint density at radius 3 is 3.11 bits per heavy atom. The summed E-state index contributed by atoms with van der Waals surface area (Å²) in [6, 6.07) is 3.64. The van der Waals surface area contributed by atoms with Crippen LogP contribution in [0.1, 0.15) is 0 Å². The van der Waals surface area contributed by atoms with E-state index in [-0.39, 0.29) is 5.97 Å². The van der Waals surface area contributed by atoms with Crippen LogP contribution in [0.4, 0.5) is 5.82 Å². The summed E-state index contributed by atoms with van der Waals surface area (Å²) < 4.78 is 15.3. The van der Waals surface area contributed by atoms with E-state index in [1.54, 1.807) is 19.4 Å². The lowest BCUT2D eigenvalue weighted by molar-refractivity contribution is -0.154. The summed E-state index contributed by atoms with van der Waals surface area (Å²) in [5, 5.41) is 0. The molecule has 0 N–H and O–H groups in total. The number of hydrogen-bond acceptors (Lipinski definition) is 6. The zero-order chi connectivity index (χ0) is 13.0. The van der Waals surface area contributed by atoms with E-state index in [9.17, 15) is 4.79 Å². The van der Waals surface area contributed by atoms with Crippen molar-refractivity contribution >= 4 is 11.8 Å². The van der Waals surface area contributed by atoms with Crippen molar-refractivity contribution in [3.63, 3.8) is 0 Å². The maximum absolute atomic E-state index is 11.5. The van der Waals surface area contributed by atoms with Crippen LogP contribution >= 0.6 is 0 Å². The van der Waals surface area contributed by atoms with Gasteiger partial charge in [0.2, 0.25) is 0 Å². The van der Waals surface area contributed by atoms with Gasteiger partial charge in [0.05, 0.1) is 27.4 Å². The molecule has 0 radical (unpaired) electrons. The average molecular weight is 252 g/mol. The van der Waals surface area contributed by atoms with E-state index in [0.29, 0.717) is 25.4 Å². The number of anilines is 1. The average Bonchev–Trinajstić information content (AvgIpc) is 2.46. The van der Waals surface area contributed by atoms with Crippen molar-refractivity contribution in [1.29, 1.82) is 0 Å². The molecule has 0 aliphatic carbocycles. The third kappa shape index (κ3) is 2.53. The van der Waals surface area contributed by atoms with Crippen LogP contribution in [0, 0.1) is 0 Å². The van der Waals surface area contributed by atoms with Crippen molar-refractivity contribution in [3.8, 4) is 5.75 Å². The lowest BCUT2D eigenvalue weighted by atomic mass is 10.2. The largest absolute Gasteiger partial charge is 0.493 e. The minimum absolute atomic E-state index is 0.366.